The van der Waals surface area contributed by atoms with Crippen LogP contribution in [0, 0.1) is 11.3 Å². The molecule has 31 heavy (non-hydrogen) atoms. The Morgan fingerprint density at radius 3 is 2.68 bits per heavy atom. The van der Waals surface area contributed by atoms with Gasteiger partial charge >= 0.3 is 5.97 Å². The Kier molecular flexibility index (Phi) is 8.09. The van der Waals surface area contributed by atoms with E-state index in [1.54, 1.807) is 0 Å². The van der Waals surface area contributed by atoms with Crippen LogP contribution in [-0.4, -0.2) is 40.7 Å². The van der Waals surface area contributed by atoms with E-state index in [9.17, 15) is 14.7 Å². The van der Waals surface area contributed by atoms with Crippen molar-refractivity contribution >= 4 is 11.9 Å². The van der Waals surface area contributed by atoms with Crippen LogP contribution in [0.2, 0.25) is 0 Å². The molecule has 1 amide bonds. The van der Waals surface area contributed by atoms with Crippen molar-refractivity contribution in [3.8, 4) is 0 Å². The normalized spacial score (nSPS) is 21.6. The minimum atomic E-state index is -1.00. The summed E-state index contributed by atoms with van der Waals surface area (Å²) in [7, 11) is 0. The number of aryl methyl sites for hydroxylation is 3. The molecule has 1 aromatic heterocycles. The first-order valence-electron chi connectivity index (χ1n) is 11.8. The van der Waals surface area contributed by atoms with E-state index in [-0.39, 0.29) is 17.4 Å². The lowest BCUT2D eigenvalue weighted by atomic mass is 9.79. The number of rotatable bonds is 10. The summed E-state index contributed by atoms with van der Waals surface area (Å²) < 4.78 is 5.87. The predicted molar refractivity (Wildman–Crippen MR) is 120 cm³/mol. The second-order valence-electron chi connectivity index (χ2n) is 10.5. The number of pyridine rings is 1. The van der Waals surface area contributed by atoms with Crippen LogP contribution in [0.15, 0.2) is 12.1 Å². The molecule has 1 fully saturated rings. The van der Waals surface area contributed by atoms with Crippen molar-refractivity contribution in [3.05, 3.63) is 29.1 Å². The fraction of sp³-hybridized carbons (Fsp3) is 0.720. The Hall–Kier alpha value is -1.95. The highest BCUT2D eigenvalue weighted by Gasteiger charge is 2.30. The van der Waals surface area contributed by atoms with E-state index in [4.69, 9.17) is 9.72 Å². The van der Waals surface area contributed by atoms with Crippen LogP contribution in [0.5, 0.6) is 0 Å². The zero-order valence-corrected chi connectivity index (χ0v) is 19.3. The minimum absolute atomic E-state index is 0.167. The molecular weight excluding hydrogens is 392 g/mol. The number of fused-ring (bicyclic) bond motifs is 1. The molecule has 1 heterocycles. The maximum absolute atomic E-state index is 12.0. The summed E-state index contributed by atoms with van der Waals surface area (Å²) in [5.41, 5.74) is 3.78. The molecule has 6 nitrogen and oxygen atoms in total. The fourth-order valence-corrected chi connectivity index (χ4v) is 4.50. The maximum Gasteiger partial charge on any atom is 0.326 e. The van der Waals surface area contributed by atoms with E-state index in [1.165, 1.54) is 36.2 Å². The van der Waals surface area contributed by atoms with Gasteiger partial charge < -0.3 is 15.2 Å². The summed E-state index contributed by atoms with van der Waals surface area (Å²) in [5, 5.41) is 12.0. The Morgan fingerprint density at radius 2 is 1.97 bits per heavy atom. The molecule has 0 bridgehead atoms. The van der Waals surface area contributed by atoms with Crippen molar-refractivity contribution in [2.24, 2.45) is 11.3 Å². The summed E-state index contributed by atoms with van der Waals surface area (Å²) in [6.45, 7) is 6.23. The van der Waals surface area contributed by atoms with Crippen molar-refractivity contribution in [2.75, 3.05) is 6.61 Å². The smallest absolute Gasteiger partial charge is 0.326 e. The number of carbonyl (C=O) groups is 2. The van der Waals surface area contributed by atoms with Crippen molar-refractivity contribution < 1.29 is 19.4 Å². The molecule has 1 unspecified atom stereocenters. The zero-order valence-electron chi connectivity index (χ0n) is 19.3. The average Bonchev–Trinajstić information content (AvgIpc) is 2.66. The van der Waals surface area contributed by atoms with Crippen molar-refractivity contribution in [1.29, 1.82) is 0 Å². The third kappa shape index (κ3) is 7.60. The molecule has 0 aliphatic heterocycles. The van der Waals surface area contributed by atoms with Crippen LogP contribution in [0.4, 0.5) is 0 Å². The monoisotopic (exact) mass is 430 g/mol. The van der Waals surface area contributed by atoms with Crippen LogP contribution >= 0.6 is 0 Å². The summed E-state index contributed by atoms with van der Waals surface area (Å²) in [5.74, 6) is -0.570. The number of amides is 1. The third-order valence-electron chi connectivity index (χ3n) is 6.32. The fourth-order valence-electron chi connectivity index (χ4n) is 4.50. The van der Waals surface area contributed by atoms with Crippen molar-refractivity contribution in [3.63, 3.8) is 0 Å². The molecule has 2 N–H and O–H groups in total. The summed E-state index contributed by atoms with van der Waals surface area (Å²) >= 11 is 0. The van der Waals surface area contributed by atoms with Gasteiger partial charge in [0.1, 0.15) is 6.04 Å². The van der Waals surface area contributed by atoms with Crippen LogP contribution in [0.25, 0.3) is 0 Å². The van der Waals surface area contributed by atoms with Gasteiger partial charge in [0.05, 0.1) is 6.10 Å². The molecule has 6 heteroatoms. The van der Waals surface area contributed by atoms with Crippen LogP contribution in [-0.2, 0) is 33.6 Å². The number of ether oxygens (including phenoxy) is 1. The number of aliphatic carboxylic acids is 1. The zero-order chi connectivity index (χ0) is 22.4. The number of aromatic nitrogens is 1. The molecule has 1 saturated carbocycles. The number of hydrogen-bond donors (Lipinski definition) is 2. The lowest BCUT2D eigenvalue weighted by Gasteiger charge is -2.35. The Morgan fingerprint density at radius 1 is 1.23 bits per heavy atom. The molecule has 1 atom stereocenters. The molecule has 3 rings (SSSR count). The van der Waals surface area contributed by atoms with Crippen LogP contribution < -0.4 is 5.32 Å². The molecule has 0 aromatic carbocycles. The SMILES string of the molecule is CC(C)(C)CC(=O)NC(CCOC1CC(CCc2ccc3c(n2)CCCC3)C1)C(=O)O. The van der Waals surface area contributed by atoms with Crippen LogP contribution in [0.3, 0.4) is 0 Å². The summed E-state index contributed by atoms with van der Waals surface area (Å²) in [4.78, 5) is 28.3. The number of carboxylic acid groups (broad SMARTS) is 1. The lowest BCUT2D eigenvalue weighted by Crippen LogP contribution is -2.43. The van der Waals surface area contributed by atoms with Gasteiger partial charge in [-0.25, -0.2) is 4.79 Å². The molecule has 1 aromatic rings. The molecule has 2 aliphatic rings. The van der Waals surface area contributed by atoms with Gasteiger partial charge in [0.2, 0.25) is 5.91 Å². The first kappa shape index (κ1) is 23.7. The number of nitrogens with zero attached hydrogens (tertiary/aromatic N) is 1. The number of nitrogens with one attached hydrogen (secondary N) is 1. The van der Waals surface area contributed by atoms with Crippen molar-refractivity contribution in [1.82, 2.24) is 10.3 Å². The molecular formula is C25H38N2O4. The van der Waals surface area contributed by atoms with Gasteiger partial charge in [-0.05, 0) is 74.3 Å². The highest BCUT2D eigenvalue weighted by molar-refractivity contribution is 5.83. The van der Waals surface area contributed by atoms with Crippen molar-refractivity contribution in [2.45, 2.75) is 97.1 Å². The van der Waals surface area contributed by atoms with E-state index >= 15 is 0 Å². The predicted octanol–water partition coefficient (Wildman–Crippen LogP) is 4.08. The van der Waals surface area contributed by atoms with Crippen LogP contribution in [0.1, 0.15) is 82.7 Å². The quantitative estimate of drug-likeness (QED) is 0.584. The minimum Gasteiger partial charge on any atom is -0.480 e. The summed E-state index contributed by atoms with van der Waals surface area (Å²) in [6.07, 6.45) is 9.86. The average molecular weight is 431 g/mol. The van der Waals surface area contributed by atoms with E-state index < -0.39 is 12.0 Å². The number of carbonyl (C=O) groups excluding carboxylic acids is 1. The van der Waals surface area contributed by atoms with E-state index in [2.05, 4.69) is 17.4 Å². The third-order valence-corrected chi connectivity index (χ3v) is 6.32. The highest BCUT2D eigenvalue weighted by Crippen LogP contribution is 2.34. The van der Waals surface area contributed by atoms with Gasteiger partial charge in [-0.15, -0.1) is 0 Å². The molecule has 0 spiro atoms. The Bertz CT molecular complexity index is 765. The van der Waals surface area contributed by atoms with E-state index in [0.29, 0.717) is 25.4 Å². The second kappa shape index (κ2) is 10.6. The van der Waals surface area contributed by atoms with Gasteiger partial charge in [-0.3, -0.25) is 9.78 Å². The Labute approximate surface area is 186 Å². The maximum atomic E-state index is 12.0. The lowest BCUT2D eigenvalue weighted by molar-refractivity contribution is -0.143. The van der Waals surface area contributed by atoms with E-state index in [1.807, 2.05) is 20.8 Å². The highest BCUT2D eigenvalue weighted by atomic mass is 16.5. The first-order chi connectivity index (χ1) is 14.7. The largest absolute Gasteiger partial charge is 0.480 e. The van der Waals surface area contributed by atoms with Gasteiger partial charge in [0, 0.05) is 30.8 Å². The first-order valence-corrected chi connectivity index (χ1v) is 11.8. The van der Waals surface area contributed by atoms with Gasteiger partial charge in [-0.1, -0.05) is 26.8 Å². The van der Waals surface area contributed by atoms with Gasteiger partial charge in [-0.2, -0.15) is 0 Å². The standard InChI is InChI=1S/C25H38N2O4/c1-25(2,3)16-23(28)27-22(24(29)30)12-13-31-20-14-17(15-20)8-10-19-11-9-18-6-4-5-7-21(18)26-19/h9,11,17,20,22H,4-8,10,12-16H2,1-3H3,(H,27,28)(H,29,30). The Balaban J connectivity index is 1.31. The molecule has 172 valence electrons. The van der Waals surface area contributed by atoms with Gasteiger partial charge in [0.15, 0.2) is 0 Å². The number of carboxylic acids is 1. The molecule has 0 radical (unpaired) electrons. The second-order valence-corrected chi connectivity index (χ2v) is 10.5. The molecule has 0 saturated heterocycles. The molecule has 2 aliphatic carbocycles. The number of hydrogen-bond acceptors (Lipinski definition) is 4. The van der Waals surface area contributed by atoms with E-state index in [0.717, 1.165) is 32.1 Å². The summed E-state index contributed by atoms with van der Waals surface area (Å²) in [6, 6.07) is 3.57. The van der Waals surface area contributed by atoms with Gasteiger partial charge in [0.25, 0.3) is 0 Å². The topological polar surface area (TPSA) is 88.5 Å².